The summed E-state index contributed by atoms with van der Waals surface area (Å²) in [6.45, 7) is 3.08. The van der Waals surface area contributed by atoms with Gasteiger partial charge in [0.2, 0.25) is 29.5 Å². The quantitative estimate of drug-likeness (QED) is 0.136. The molecule has 0 bridgehead atoms. The van der Waals surface area contributed by atoms with Crippen LogP contribution >= 0.6 is 0 Å². The maximum atomic E-state index is 12.4. The van der Waals surface area contributed by atoms with Gasteiger partial charge in [0.05, 0.1) is 25.6 Å². The van der Waals surface area contributed by atoms with Crippen molar-refractivity contribution in [2.75, 3.05) is 13.2 Å². The van der Waals surface area contributed by atoms with E-state index in [1.165, 1.54) is 6.92 Å². The smallest absolute Gasteiger partial charge is 0.325 e. The first-order valence-electron chi connectivity index (χ1n) is 9.35. The number of hydrogen-bond acceptors (Lipinski definition) is 8. The Balaban J connectivity index is 5.00. The van der Waals surface area contributed by atoms with Crippen LogP contribution in [0.1, 0.15) is 27.2 Å². The summed E-state index contributed by atoms with van der Waals surface area (Å²) in [5.74, 6) is -5.92. The minimum absolute atomic E-state index is 0.261. The first kappa shape index (κ1) is 27.7. The molecule has 31 heavy (non-hydrogen) atoms. The molecule has 4 atom stereocenters. The molecule has 0 unspecified atom stereocenters. The third-order valence-corrected chi connectivity index (χ3v) is 4.05. The van der Waals surface area contributed by atoms with Crippen molar-refractivity contribution in [1.82, 2.24) is 21.3 Å². The molecule has 0 aromatic heterocycles. The molecule has 14 nitrogen and oxygen atoms in total. The summed E-state index contributed by atoms with van der Waals surface area (Å²) < 4.78 is 0. The van der Waals surface area contributed by atoms with E-state index in [1.54, 1.807) is 13.8 Å². The van der Waals surface area contributed by atoms with Gasteiger partial charge in [-0.25, -0.2) is 0 Å². The zero-order valence-electron chi connectivity index (χ0n) is 17.5. The molecule has 0 aromatic carbocycles. The first-order valence-corrected chi connectivity index (χ1v) is 9.35. The van der Waals surface area contributed by atoms with Crippen molar-refractivity contribution in [3.05, 3.63) is 0 Å². The summed E-state index contributed by atoms with van der Waals surface area (Å²) in [7, 11) is 0. The highest BCUT2D eigenvalue weighted by Crippen LogP contribution is 2.01. The molecule has 0 fully saturated rings. The van der Waals surface area contributed by atoms with Crippen LogP contribution in [0.15, 0.2) is 0 Å². The maximum Gasteiger partial charge on any atom is 0.325 e. The van der Waals surface area contributed by atoms with Crippen molar-refractivity contribution in [1.29, 1.82) is 0 Å². The number of carboxylic acid groups (broad SMARTS) is 1. The lowest BCUT2D eigenvalue weighted by Crippen LogP contribution is -2.58. The zero-order chi connectivity index (χ0) is 24.3. The molecule has 0 rings (SSSR count). The van der Waals surface area contributed by atoms with Crippen LogP contribution in [0.4, 0.5) is 0 Å². The Hall–Kier alpha value is -3.26. The topological polar surface area (TPSA) is 243 Å². The van der Waals surface area contributed by atoms with Gasteiger partial charge in [0.25, 0.3) is 0 Å². The zero-order valence-corrected chi connectivity index (χ0v) is 17.5. The number of carboxylic acids is 1. The van der Waals surface area contributed by atoms with Gasteiger partial charge in [0, 0.05) is 0 Å². The number of aliphatic hydroxyl groups excluding tert-OH is 1. The Bertz CT molecular complexity index is 698. The number of nitrogens with two attached hydrogens (primary N) is 2. The number of primary amides is 1. The molecule has 0 heterocycles. The Morgan fingerprint density at radius 1 is 0.871 bits per heavy atom. The minimum Gasteiger partial charge on any atom is -0.480 e. The third-order valence-electron chi connectivity index (χ3n) is 4.05. The van der Waals surface area contributed by atoms with E-state index in [-0.39, 0.29) is 5.92 Å². The van der Waals surface area contributed by atoms with Crippen LogP contribution in [-0.4, -0.2) is 83.0 Å². The van der Waals surface area contributed by atoms with Crippen LogP contribution in [0.5, 0.6) is 0 Å². The molecule has 0 aliphatic heterocycles. The van der Waals surface area contributed by atoms with Gasteiger partial charge in [-0.2, -0.15) is 0 Å². The highest BCUT2D eigenvalue weighted by molar-refractivity contribution is 5.96. The summed E-state index contributed by atoms with van der Waals surface area (Å²) in [6.07, 6.45) is -0.586. The van der Waals surface area contributed by atoms with Crippen molar-refractivity contribution in [3.8, 4) is 0 Å². The van der Waals surface area contributed by atoms with Gasteiger partial charge in [-0.15, -0.1) is 0 Å². The molecule has 5 amide bonds. The van der Waals surface area contributed by atoms with Crippen molar-refractivity contribution >= 4 is 35.5 Å². The highest BCUT2D eigenvalue weighted by atomic mass is 16.4. The second-order valence-corrected chi connectivity index (χ2v) is 7.09. The summed E-state index contributed by atoms with van der Waals surface area (Å²) in [5, 5.41) is 26.7. The molecule has 10 N–H and O–H groups in total. The van der Waals surface area contributed by atoms with E-state index >= 15 is 0 Å². The van der Waals surface area contributed by atoms with E-state index in [0.29, 0.717) is 0 Å². The Morgan fingerprint density at radius 2 is 1.42 bits per heavy atom. The number of aliphatic carboxylic acids is 1. The summed E-state index contributed by atoms with van der Waals surface area (Å²) >= 11 is 0. The van der Waals surface area contributed by atoms with Gasteiger partial charge in [-0.1, -0.05) is 13.8 Å². The minimum atomic E-state index is -1.52. The van der Waals surface area contributed by atoms with E-state index in [1.807, 2.05) is 0 Å². The van der Waals surface area contributed by atoms with Crippen LogP contribution in [0, 0.1) is 5.92 Å². The van der Waals surface area contributed by atoms with Gasteiger partial charge in [0.15, 0.2) is 0 Å². The SMILES string of the molecule is CC(C)[C@H](N)C(=O)N[C@@H](CC(N)=O)C(=O)N[C@@H](CO)C(=O)NCC(=O)N[C@@H](C)C(=O)O. The molecule has 0 radical (unpaired) electrons. The molecule has 0 aromatic rings. The van der Waals surface area contributed by atoms with E-state index in [9.17, 15) is 33.9 Å². The normalized spacial score (nSPS) is 14.5. The average molecular weight is 446 g/mol. The van der Waals surface area contributed by atoms with Crippen molar-refractivity contribution in [3.63, 3.8) is 0 Å². The molecular formula is C17H30N6O8. The molecule has 0 aliphatic carbocycles. The molecule has 14 heteroatoms. The van der Waals surface area contributed by atoms with E-state index in [4.69, 9.17) is 16.6 Å². The standard InChI is InChI=1S/C17H30N6O8/c1-7(2)13(19)16(29)22-9(4-11(18)25)15(28)23-10(6-24)14(27)20-5-12(26)21-8(3)17(30)31/h7-10,13,24H,4-6,19H2,1-3H3,(H2,18,25)(H,20,27)(H,21,26)(H,22,29)(H,23,28)(H,30,31)/t8-,9-,10-,13-/m0/s1. The predicted octanol–water partition coefficient (Wildman–Crippen LogP) is -4.49. The number of nitrogens with one attached hydrogen (secondary N) is 4. The molecule has 0 saturated heterocycles. The number of aliphatic hydroxyl groups is 1. The van der Waals surface area contributed by atoms with Gasteiger partial charge in [-0.05, 0) is 12.8 Å². The van der Waals surface area contributed by atoms with Crippen molar-refractivity contribution in [2.24, 2.45) is 17.4 Å². The largest absolute Gasteiger partial charge is 0.480 e. The second-order valence-electron chi connectivity index (χ2n) is 7.09. The fourth-order valence-corrected chi connectivity index (χ4v) is 2.09. The Kier molecular flexibility index (Phi) is 11.7. The molecular weight excluding hydrogens is 416 g/mol. The fourth-order valence-electron chi connectivity index (χ4n) is 2.09. The van der Waals surface area contributed by atoms with Crippen LogP contribution in [0.25, 0.3) is 0 Å². The third kappa shape index (κ3) is 10.4. The number of carbonyl (C=O) groups is 6. The number of rotatable bonds is 13. The Morgan fingerprint density at radius 3 is 1.87 bits per heavy atom. The van der Waals surface area contributed by atoms with Gasteiger partial charge < -0.3 is 42.9 Å². The lowest BCUT2D eigenvalue weighted by atomic mass is 10.0. The second kappa shape index (κ2) is 13.1. The molecule has 176 valence electrons. The van der Waals surface area contributed by atoms with E-state index in [0.717, 1.165) is 0 Å². The van der Waals surface area contributed by atoms with E-state index < -0.39 is 79.2 Å². The monoisotopic (exact) mass is 446 g/mol. The summed E-state index contributed by atoms with van der Waals surface area (Å²) in [4.78, 5) is 70.2. The molecule has 0 aliphatic rings. The van der Waals surface area contributed by atoms with Gasteiger partial charge >= 0.3 is 5.97 Å². The predicted molar refractivity (Wildman–Crippen MR) is 106 cm³/mol. The van der Waals surface area contributed by atoms with Gasteiger partial charge in [0.1, 0.15) is 18.1 Å². The van der Waals surface area contributed by atoms with Crippen LogP contribution in [0.3, 0.4) is 0 Å². The molecule has 0 spiro atoms. The summed E-state index contributed by atoms with van der Waals surface area (Å²) in [5.41, 5.74) is 10.8. The average Bonchev–Trinajstić information content (AvgIpc) is 2.67. The number of amides is 5. The molecule has 0 saturated carbocycles. The first-order chi connectivity index (χ1) is 14.3. The van der Waals surface area contributed by atoms with Crippen LogP contribution in [0.2, 0.25) is 0 Å². The maximum absolute atomic E-state index is 12.4. The Labute approximate surface area is 178 Å². The van der Waals surface area contributed by atoms with Crippen molar-refractivity contribution < 1.29 is 39.0 Å². The van der Waals surface area contributed by atoms with Crippen LogP contribution < -0.4 is 32.7 Å². The fraction of sp³-hybridized carbons (Fsp3) is 0.647. The summed E-state index contributed by atoms with van der Waals surface area (Å²) in [6, 6.07) is -5.13. The highest BCUT2D eigenvalue weighted by Gasteiger charge is 2.29. The lowest BCUT2D eigenvalue weighted by molar-refractivity contribution is -0.141. The lowest BCUT2D eigenvalue weighted by Gasteiger charge is -2.23. The number of hydrogen-bond donors (Lipinski definition) is 8. The van der Waals surface area contributed by atoms with Gasteiger partial charge in [-0.3, -0.25) is 28.8 Å². The van der Waals surface area contributed by atoms with Crippen molar-refractivity contribution in [2.45, 2.75) is 51.4 Å². The number of carbonyl (C=O) groups excluding carboxylic acids is 5. The van der Waals surface area contributed by atoms with Crippen LogP contribution in [-0.2, 0) is 28.8 Å². The van der Waals surface area contributed by atoms with E-state index in [2.05, 4.69) is 21.3 Å².